The summed E-state index contributed by atoms with van der Waals surface area (Å²) in [4.78, 5) is 15.7. The minimum atomic E-state index is -0.461. The van der Waals surface area contributed by atoms with Crippen LogP contribution in [0, 0.1) is 0 Å². The van der Waals surface area contributed by atoms with Gasteiger partial charge in [0, 0.05) is 23.1 Å². The van der Waals surface area contributed by atoms with E-state index >= 15 is 0 Å². The monoisotopic (exact) mass is 384 g/mol. The normalized spacial score (nSPS) is 23.4. The lowest BCUT2D eigenvalue weighted by molar-refractivity contribution is -0.0312. The van der Waals surface area contributed by atoms with Crippen molar-refractivity contribution in [2.24, 2.45) is 0 Å². The van der Waals surface area contributed by atoms with Gasteiger partial charge in [-0.1, -0.05) is 48.5 Å². The van der Waals surface area contributed by atoms with E-state index in [0.29, 0.717) is 5.92 Å². The number of fused-ring (bicyclic) bond motifs is 3. The van der Waals surface area contributed by atoms with E-state index in [1.165, 1.54) is 0 Å². The molecule has 6 heteroatoms. The summed E-state index contributed by atoms with van der Waals surface area (Å²) in [5.41, 5.74) is 4.19. The summed E-state index contributed by atoms with van der Waals surface area (Å²) in [5.74, 6) is 1.08. The zero-order chi connectivity index (χ0) is 19.4. The summed E-state index contributed by atoms with van der Waals surface area (Å²) in [6, 6.07) is 19.9. The molecule has 6 rings (SSSR count). The molecule has 0 bridgehead atoms. The smallest absolute Gasteiger partial charge is 0.339 e. The van der Waals surface area contributed by atoms with E-state index in [1.807, 2.05) is 60.7 Å². The van der Waals surface area contributed by atoms with Crippen LogP contribution in [0.25, 0.3) is 16.9 Å². The van der Waals surface area contributed by atoms with Crippen molar-refractivity contribution in [3.05, 3.63) is 77.6 Å². The van der Waals surface area contributed by atoms with Gasteiger partial charge >= 0.3 is 5.97 Å². The van der Waals surface area contributed by atoms with Gasteiger partial charge in [0.25, 0.3) is 0 Å². The molecule has 0 saturated heterocycles. The third-order valence-electron chi connectivity index (χ3n) is 6.33. The first-order chi connectivity index (χ1) is 14.2. The molecule has 1 aliphatic heterocycles. The van der Waals surface area contributed by atoms with Crippen LogP contribution in [0.1, 0.15) is 53.3 Å². The molecular formula is C23H20N4O2. The van der Waals surface area contributed by atoms with Crippen LogP contribution >= 0.6 is 0 Å². The van der Waals surface area contributed by atoms with Crippen LogP contribution in [-0.4, -0.2) is 25.8 Å². The molecule has 2 aliphatic rings. The molecule has 1 aliphatic carbocycles. The van der Waals surface area contributed by atoms with Crippen molar-refractivity contribution in [2.75, 3.05) is 0 Å². The average molecular weight is 384 g/mol. The molecule has 2 aromatic carbocycles. The Labute approximate surface area is 167 Å². The van der Waals surface area contributed by atoms with Gasteiger partial charge in [-0.3, -0.25) is 0 Å². The Bertz CT molecular complexity index is 1180. The maximum absolute atomic E-state index is 12.3. The molecule has 0 radical (unpaired) electrons. The Morgan fingerprint density at radius 3 is 2.55 bits per heavy atom. The van der Waals surface area contributed by atoms with Gasteiger partial charge in [0.2, 0.25) is 0 Å². The van der Waals surface area contributed by atoms with Crippen LogP contribution in [0.15, 0.2) is 60.7 Å². The second-order valence-corrected chi connectivity index (χ2v) is 7.98. The number of aromatic nitrogens is 4. The molecule has 1 spiro atoms. The number of H-pyrrole nitrogens is 1. The molecule has 29 heavy (non-hydrogen) atoms. The third-order valence-corrected chi connectivity index (χ3v) is 6.33. The molecule has 4 aromatic rings. The maximum Gasteiger partial charge on any atom is 0.339 e. The number of carbonyl (C=O) groups is 1. The molecular weight excluding hydrogens is 364 g/mol. The van der Waals surface area contributed by atoms with Crippen LogP contribution in [0.3, 0.4) is 0 Å². The number of benzene rings is 2. The quantitative estimate of drug-likeness (QED) is 0.518. The highest BCUT2D eigenvalue weighted by molar-refractivity contribution is 5.94. The fraction of sp³-hybridized carbons (Fsp3) is 0.261. The fourth-order valence-corrected chi connectivity index (χ4v) is 4.80. The standard InChI is InChI=1S/C23H20N4O2/c28-22-17-8-4-5-9-18(17)23(29-22)12-10-16(11-13-23)21-24-20-14-19(25-27(20)26-21)15-6-2-1-3-7-15/h1-9,14,16H,10-13H2,(H,24,26). The lowest BCUT2D eigenvalue weighted by Gasteiger charge is -2.35. The second kappa shape index (κ2) is 6.04. The van der Waals surface area contributed by atoms with Crippen molar-refractivity contribution in [3.8, 4) is 11.3 Å². The minimum Gasteiger partial charge on any atom is -0.451 e. The fourth-order valence-electron chi connectivity index (χ4n) is 4.80. The van der Waals surface area contributed by atoms with E-state index in [-0.39, 0.29) is 5.97 Å². The first kappa shape index (κ1) is 16.5. The van der Waals surface area contributed by atoms with E-state index in [1.54, 1.807) is 4.63 Å². The van der Waals surface area contributed by atoms with Crippen LogP contribution in [0.4, 0.5) is 0 Å². The molecule has 144 valence electrons. The molecule has 3 heterocycles. The zero-order valence-corrected chi connectivity index (χ0v) is 15.8. The van der Waals surface area contributed by atoms with Gasteiger partial charge in [0.15, 0.2) is 5.65 Å². The Balaban J connectivity index is 1.24. The molecule has 1 N–H and O–H groups in total. The summed E-state index contributed by atoms with van der Waals surface area (Å²) < 4.78 is 7.55. The van der Waals surface area contributed by atoms with Gasteiger partial charge in [-0.15, -0.1) is 14.8 Å². The van der Waals surface area contributed by atoms with Gasteiger partial charge in [-0.2, -0.15) is 0 Å². The lowest BCUT2D eigenvalue weighted by Crippen LogP contribution is -2.31. The van der Waals surface area contributed by atoms with Gasteiger partial charge in [0.05, 0.1) is 11.3 Å². The highest BCUT2D eigenvalue weighted by atomic mass is 16.6. The molecule has 1 fully saturated rings. The van der Waals surface area contributed by atoms with Gasteiger partial charge in [-0.25, -0.2) is 4.79 Å². The summed E-state index contributed by atoms with van der Waals surface area (Å²) in [5, 5.41) is 9.31. The first-order valence-electron chi connectivity index (χ1n) is 10.1. The number of hydrogen-bond donors (Lipinski definition) is 1. The number of nitrogens with zero attached hydrogens (tertiary/aromatic N) is 3. The Hall–Kier alpha value is -3.41. The van der Waals surface area contributed by atoms with E-state index in [0.717, 1.165) is 59.5 Å². The van der Waals surface area contributed by atoms with Crippen molar-refractivity contribution >= 4 is 11.6 Å². The van der Waals surface area contributed by atoms with E-state index in [2.05, 4.69) is 10.1 Å². The van der Waals surface area contributed by atoms with Crippen LogP contribution < -0.4 is 0 Å². The molecule has 0 atom stereocenters. The van der Waals surface area contributed by atoms with Gasteiger partial charge in [-0.05, 0) is 31.7 Å². The largest absolute Gasteiger partial charge is 0.451 e. The van der Waals surface area contributed by atoms with Gasteiger partial charge < -0.3 is 9.72 Å². The molecule has 0 amide bonds. The highest BCUT2D eigenvalue weighted by Gasteiger charge is 2.47. The van der Waals surface area contributed by atoms with E-state index in [9.17, 15) is 4.79 Å². The predicted molar refractivity (Wildman–Crippen MR) is 108 cm³/mol. The molecule has 0 unspecified atom stereocenters. The number of aromatic amines is 1. The molecule has 6 nitrogen and oxygen atoms in total. The summed E-state index contributed by atoms with van der Waals surface area (Å²) in [6.45, 7) is 0. The number of carbonyl (C=O) groups excluding carboxylic acids is 1. The zero-order valence-electron chi connectivity index (χ0n) is 15.8. The highest BCUT2D eigenvalue weighted by Crippen LogP contribution is 2.49. The first-order valence-corrected chi connectivity index (χ1v) is 10.1. The van der Waals surface area contributed by atoms with Crippen LogP contribution in [-0.2, 0) is 10.3 Å². The van der Waals surface area contributed by atoms with Crippen molar-refractivity contribution in [1.29, 1.82) is 0 Å². The summed E-state index contributed by atoms with van der Waals surface area (Å²) >= 11 is 0. The lowest BCUT2D eigenvalue weighted by atomic mass is 9.75. The van der Waals surface area contributed by atoms with E-state index < -0.39 is 5.60 Å². The molecule has 1 saturated carbocycles. The SMILES string of the molecule is O=C1OC2(CCC(c3nn4nc(-c5ccccc5)cc4[nH]3)CC2)c2ccccc21. The van der Waals surface area contributed by atoms with E-state index in [4.69, 9.17) is 9.84 Å². The number of nitrogens with one attached hydrogen (secondary N) is 1. The predicted octanol–water partition coefficient (Wildman–Crippen LogP) is 4.45. The number of hydrogen-bond acceptors (Lipinski definition) is 4. The van der Waals surface area contributed by atoms with Crippen molar-refractivity contribution in [3.63, 3.8) is 0 Å². The Kier molecular flexibility index (Phi) is 3.45. The number of ether oxygens (including phenoxy) is 1. The van der Waals surface area contributed by atoms with Gasteiger partial charge in [0.1, 0.15) is 11.4 Å². The maximum atomic E-state index is 12.3. The van der Waals surface area contributed by atoms with Crippen molar-refractivity contribution in [1.82, 2.24) is 19.8 Å². The summed E-state index contributed by atoms with van der Waals surface area (Å²) in [7, 11) is 0. The average Bonchev–Trinajstić information content (AvgIpc) is 3.41. The van der Waals surface area contributed by atoms with Crippen molar-refractivity contribution < 1.29 is 9.53 Å². The molecule has 2 aromatic heterocycles. The van der Waals surface area contributed by atoms with Crippen LogP contribution in [0.5, 0.6) is 0 Å². The Morgan fingerprint density at radius 2 is 1.76 bits per heavy atom. The third kappa shape index (κ3) is 2.52. The topological polar surface area (TPSA) is 72.3 Å². The second-order valence-electron chi connectivity index (χ2n) is 7.98. The van der Waals surface area contributed by atoms with Crippen LogP contribution in [0.2, 0.25) is 0 Å². The minimum absolute atomic E-state index is 0.191. The number of rotatable bonds is 2. The van der Waals surface area contributed by atoms with Crippen molar-refractivity contribution in [2.45, 2.75) is 37.2 Å². The number of esters is 1. The Morgan fingerprint density at radius 1 is 1.00 bits per heavy atom. The summed E-state index contributed by atoms with van der Waals surface area (Å²) in [6.07, 6.45) is 3.48.